The molecule has 1 saturated heterocycles. The number of hydrogen-bond donors (Lipinski definition) is 1. The van der Waals surface area contributed by atoms with E-state index in [2.05, 4.69) is 14.7 Å². The van der Waals surface area contributed by atoms with Crippen LogP contribution in [0.5, 0.6) is 0 Å². The van der Waals surface area contributed by atoms with E-state index in [0.717, 1.165) is 45.0 Å². The summed E-state index contributed by atoms with van der Waals surface area (Å²) in [4.78, 5) is 2.52. The van der Waals surface area contributed by atoms with E-state index in [1.165, 1.54) is 0 Å². The van der Waals surface area contributed by atoms with Crippen LogP contribution in [-0.2, 0) is 14.8 Å². The lowest BCUT2D eigenvalue weighted by Crippen LogP contribution is -2.38. The Hall–Kier alpha value is -1.45. The molecular formula is C18H25ClN4O3S. The monoisotopic (exact) mass is 412 g/mol. The van der Waals surface area contributed by atoms with Crippen molar-refractivity contribution in [1.29, 1.82) is 0 Å². The summed E-state index contributed by atoms with van der Waals surface area (Å²) in [6, 6.07) is 7.14. The van der Waals surface area contributed by atoms with E-state index < -0.39 is 10.0 Å². The van der Waals surface area contributed by atoms with Crippen molar-refractivity contribution in [3.63, 3.8) is 0 Å². The largest absolute Gasteiger partial charge is 0.379 e. The number of halogens is 1. The topological polar surface area (TPSA) is 76.5 Å². The first-order chi connectivity index (χ1) is 12.9. The van der Waals surface area contributed by atoms with E-state index in [4.69, 9.17) is 16.3 Å². The van der Waals surface area contributed by atoms with Crippen LogP contribution in [-0.4, -0.2) is 62.5 Å². The van der Waals surface area contributed by atoms with E-state index in [9.17, 15) is 8.42 Å². The van der Waals surface area contributed by atoms with Gasteiger partial charge in [-0.25, -0.2) is 17.8 Å². The third-order valence-corrected chi connectivity index (χ3v) is 6.58. The van der Waals surface area contributed by atoms with Gasteiger partial charge < -0.3 is 4.74 Å². The summed E-state index contributed by atoms with van der Waals surface area (Å²) in [6.45, 7) is 8.01. The Morgan fingerprint density at radius 2 is 1.85 bits per heavy atom. The van der Waals surface area contributed by atoms with E-state index in [-0.39, 0.29) is 4.90 Å². The molecule has 0 bridgehead atoms. The predicted molar refractivity (Wildman–Crippen MR) is 105 cm³/mol. The lowest BCUT2D eigenvalue weighted by molar-refractivity contribution is 0.0376. The van der Waals surface area contributed by atoms with E-state index in [1.54, 1.807) is 30.7 Å². The van der Waals surface area contributed by atoms with Crippen LogP contribution in [0.2, 0.25) is 5.02 Å². The molecule has 0 spiro atoms. The zero-order valence-electron chi connectivity index (χ0n) is 15.6. The maximum Gasteiger partial charge on any atom is 0.244 e. The van der Waals surface area contributed by atoms with Gasteiger partial charge in [-0.1, -0.05) is 11.6 Å². The molecule has 7 nitrogen and oxygen atoms in total. The van der Waals surface area contributed by atoms with Crippen LogP contribution >= 0.6 is 11.6 Å². The first kappa shape index (κ1) is 20.3. The van der Waals surface area contributed by atoms with Gasteiger partial charge in [0.25, 0.3) is 0 Å². The molecule has 1 aromatic carbocycles. The minimum Gasteiger partial charge on any atom is -0.379 e. The molecule has 0 saturated carbocycles. The molecule has 1 aliphatic heterocycles. The molecule has 1 N–H and O–H groups in total. The minimum atomic E-state index is -3.62. The first-order valence-electron chi connectivity index (χ1n) is 9.00. The van der Waals surface area contributed by atoms with Crippen LogP contribution in [0.1, 0.15) is 17.8 Å². The third-order valence-electron chi connectivity index (χ3n) is 4.61. The summed E-state index contributed by atoms with van der Waals surface area (Å²) >= 11 is 5.93. The summed E-state index contributed by atoms with van der Waals surface area (Å²) in [7, 11) is -3.62. The number of morpholine rings is 1. The molecule has 9 heteroatoms. The van der Waals surface area contributed by atoms with Crippen molar-refractivity contribution in [3.8, 4) is 5.69 Å². The Morgan fingerprint density at radius 3 is 2.52 bits per heavy atom. The fraction of sp³-hybridized carbons (Fsp3) is 0.500. The molecule has 0 amide bonds. The van der Waals surface area contributed by atoms with Crippen LogP contribution in [0, 0.1) is 13.8 Å². The number of hydrogen-bond acceptors (Lipinski definition) is 5. The number of sulfonamides is 1. The van der Waals surface area contributed by atoms with Gasteiger partial charge in [-0.05, 0) is 51.1 Å². The van der Waals surface area contributed by atoms with Crippen LogP contribution in [0.4, 0.5) is 0 Å². The normalized spacial score (nSPS) is 16.0. The zero-order chi connectivity index (χ0) is 19.4. The quantitative estimate of drug-likeness (QED) is 0.705. The van der Waals surface area contributed by atoms with Crippen molar-refractivity contribution < 1.29 is 13.2 Å². The van der Waals surface area contributed by atoms with Gasteiger partial charge in [-0.2, -0.15) is 5.10 Å². The van der Waals surface area contributed by atoms with Crippen molar-refractivity contribution in [1.82, 2.24) is 19.4 Å². The van der Waals surface area contributed by atoms with Gasteiger partial charge in [0.15, 0.2) is 0 Å². The highest BCUT2D eigenvalue weighted by Crippen LogP contribution is 2.23. The maximum atomic E-state index is 12.8. The molecule has 0 aliphatic carbocycles. The number of nitrogens with zero attached hydrogens (tertiary/aromatic N) is 3. The predicted octanol–water partition coefficient (Wildman–Crippen LogP) is 2.14. The molecule has 148 valence electrons. The maximum absolute atomic E-state index is 12.8. The fourth-order valence-corrected chi connectivity index (χ4v) is 4.85. The van der Waals surface area contributed by atoms with Crippen LogP contribution in [0.25, 0.3) is 5.69 Å². The molecule has 0 unspecified atom stereocenters. The van der Waals surface area contributed by atoms with Gasteiger partial charge in [0.1, 0.15) is 4.90 Å². The number of rotatable bonds is 7. The van der Waals surface area contributed by atoms with E-state index >= 15 is 0 Å². The molecular weight excluding hydrogens is 388 g/mol. The second kappa shape index (κ2) is 8.70. The number of aryl methyl sites for hydroxylation is 1. The van der Waals surface area contributed by atoms with Crippen LogP contribution in [0.3, 0.4) is 0 Å². The SMILES string of the molecule is Cc1nn(-c2ccc(Cl)cc2)c(C)c1S(=O)(=O)NCCCN1CCOCC1. The highest BCUT2D eigenvalue weighted by molar-refractivity contribution is 7.89. The molecule has 3 rings (SSSR count). The number of ether oxygens (including phenoxy) is 1. The Labute approximate surface area is 165 Å². The number of benzene rings is 1. The summed E-state index contributed by atoms with van der Waals surface area (Å²) < 4.78 is 35.3. The van der Waals surface area contributed by atoms with Crippen molar-refractivity contribution in [2.75, 3.05) is 39.4 Å². The molecule has 27 heavy (non-hydrogen) atoms. The van der Waals surface area contributed by atoms with Crippen LogP contribution < -0.4 is 4.72 Å². The van der Waals surface area contributed by atoms with Gasteiger partial charge in [-0.15, -0.1) is 0 Å². The van der Waals surface area contributed by atoms with Gasteiger partial charge in [0, 0.05) is 24.7 Å². The number of aromatic nitrogens is 2. The highest BCUT2D eigenvalue weighted by atomic mass is 35.5. The first-order valence-corrected chi connectivity index (χ1v) is 10.9. The molecule has 1 aromatic heterocycles. The molecule has 1 fully saturated rings. The van der Waals surface area contributed by atoms with E-state index in [0.29, 0.717) is 23.0 Å². The number of nitrogens with one attached hydrogen (secondary N) is 1. The molecule has 0 atom stereocenters. The Bertz CT molecular complexity index is 875. The Morgan fingerprint density at radius 1 is 1.19 bits per heavy atom. The fourth-order valence-electron chi connectivity index (χ4n) is 3.26. The van der Waals surface area contributed by atoms with Gasteiger partial charge in [-0.3, -0.25) is 4.90 Å². The third kappa shape index (κ3) is 4.89. The standard InChI is InChI=1S/C18H25ClN4O3S/c1-14-18(15(2)23(21-14)17-6-4-16(19)5-7-17)27(24,25)20-8-3-9-22-10-12-26-13-11-22/h4-7,20H,3,8-13H2,1-2H3. The Balaban J connectivity index is 1.68. The second-order valence-corrected chi connectivity index (χ2v) is 8.73. The molecule has 1 aliphatic rings. The van der Waals surface area contributed by atoms with Crippen molar-refractivity contribution in [2.45, 2.75) is 25.2 Å². The molecule has 0 radical (unpaired) electrons. The average Bonchev–Trinajstić information content (AvgIpc) is 2.95. The zero-order valence-corrected chi connectivity index (χ0v) is 17.2. The summed E-state index contributed by atoms with van der Waals surface area (Å²) in [5, 5.41) is 5.03. The summed E-state index contributed by atoms with van der Waals surface area (Å²) in [5.41, 5.74) is 1.83. The Kier molecular flexibility index (Phi) is 6.54. The minimum absolute atomic E-state index is 0.240. The van der Waals surface area contributed by atoms with Gasteiger partial charge in [0.05, 0.1) is 30.3 Å². The average molecular weight is 413 g/mol. The summed E-state index contributed by atoms with van der Waals surface area (Å²) in [5.74, 6) is 0. The summed E-state index contributed by atoms with van der Waals surface area (Å²) in [6.07, 6.45) is 0.753. The second-order valence-electron chi connectivity index (χ2n) is 6.59. The lowest BCUT2D eigenvalue weighted by atomic mass is 10.3. The van der Waals surface area contributed by atoms with Crippen molar-refractivity contribution in [2.24, 2.45) is 0 Å². The lowest BCUT2D eigenvalue weighted by Gasteiger charge is -2.26. The van der Waals surface area contributed by atoms with E-state index in [1.807, 2.05) is 12.1 Å². The highest BCUT2D eigenvalue weighted by Gasteiger charge is 2.24. The van der Waals surface area contributed by atoms with Crippen molar-refractivity contribution in [3.05, 3.63) is 40.7 Å². The van der Waals surface area contributed by atoms with Gasteiger partial charge >= 0.3 is 0 Å². The molecule has 2 heterocycles. The van der Waals surface area contributed by atoms with Gasteiger partial charge in [0.2, 0.25) is 10.0 Å². The molecule has 2 aromatic rings. The smallest absolute Gasteiger partial charge is 0.244 e. The van der Waals surface area contributed by atoms with Crippen molar-refractivity contribution >= 4 is 21.6 Å². The van der Waals surface area contributed by atoms with Crippen LogP contribution in [0.15, 0.2) is 29.2 Å².